The number of hydrogen-bond acceptors (Lipinski definition) is 6. The molecule has 8 heteroatoms. The number of aryl methyl sites for hydroxylation is 1. The van der Waals surface area contributed by atoms with E-state index < -0.39 is 0 Å². The molecular formula is C28H33N5O3. The van der Waals surface area contributed by atoms with Crippen LogP contribution >= 0.6 is 0 Å². The van der Waals surface area contributed by atoms with Crippen LogP contribution in [0, 0.1) is 12.8 Å². The zero-order valence-corrected chi connectivity index (χ0v) is 20.8. The van der Waals surface area contributed by atoms with Crippen LogP contribution in [-0.4, -0.2) is 57.9 Å². The van der Waals surface area contributed by atoms with Gasteiger partial charge in [-0.15, -0.1) is 0 Å². The minimum Gasteiger partial charge on any atom is -0.339 e. The fraction of sp³-hybridized carbons (Fsp3) is 0.429. The summed E-state index contributed by atoms with van der Waals surface area (Å²) in [5, 5.41) is 6.98. The normalized spacial score (nSPS) is 17.2. The molecule has 2 fully saturated rings. The molecule has 0 bridgehead atoms. The second-order valence-electron chi connectivity index (χ2n) is 9.80. The quantitative estimate of drug-likeness (QED) is 0.550. The van der Waals surface area contributed by atoms with Gasteiger partial charge in [-0.2, -0.15) is 4.98 Å². The second kappa shape index (κ2) is 11.0. The van der Waals surface area contributed by atoms with Crippen molar-refractivity contribution >= 4 is 17.5 Å². The third-order valence-corrected chi connectivity index (χ3v) is 7.15. The smallest absolute Gasteiger partial charge is 0.253 e. The highest BCUT2D eigenvalue weighted by Crippen LogP contribution is 2.23. The minimum absolute atomic E-state index is 0.0194. The van der Waals surface area contributed by atoms with Crippen LogP contribution < -0.4 is 5.32 Å². The van der Waals surface area contributed by atoms with Gasteiger partial charge in [-0.25, -0.2) is 0 Å². The molecule has 2 saturated heterocycles. The van der Waals surface area contributed by atoms with Gasteiger partial charge in [0.25, 0.3) is 5.91 Å². The Kier molecular flexibility index (Phi) is 7.41. The summed E-state index contributed by atoms with van der Waals surface area (Å²) in [7, 11) is 0. The number of nitrogens with one attached hydrogen (secondary N) is 1. The molecule has 0 spiro atoms. The average molecular weight is 488 g/mol. The number of carbonyl (C=O) groups is 2. The van der Waals surface area contributed by atoms with Gasteiger partial charge in [-0.3, -0.25) is 14.5 Å². The molecule has 0 aliphatic carbocycles. The lowest BCUT2D eigenvalue weighted by molar-refractivity contribution is -0.121. The Bertz CT molecular complexity index is 1170. The number of piperidine rings is 2. The second-order valence-corrected chi connectivity index (χ2v) is 9.80. The molecule has 0 unspecified atom stereocenters. The number of carbonyl (C=O) groups excluding carboxylic acids is 2. The van der Waals surface area contributed by atoms with Gasteiger partial charge in [0.05, 0.1) is 0 Å². The van der Waals surface area contributed by atoms with Gasteiger partial charge in [-0.05, 0) is 68.6 Å². The number of aromatic nitrogens is 2. The van der Waals surface area contributed by atoms with E-state index in [0.717, 1.165) is 17.8 Å². The number of nitrogens with zero attached hydrogens (tertiary/aromatic N) is 4. The fourth-order valence-electron chi connectivity index (χ4n) is 5.02. The van der Waals surface area contributed by atoms with Gasteiger partial charge < -0.3 is 14.7 Å². The molecule has 188 valence electrons. The fourth-order valence-corrected chi connectivity index (χ4v) is 5.02. The van der Waals surface area contributed by atoms with E-state index in [4.69, 9.17) is 4.52 Å². The molecule has 3 heterocycles. The molecule has 2 amide bonds. The number of hydrogen-bond donors (Lipinski definition) is 1. The van der Waals surface area contributed by atoms with E-state index in [1.807, 2.05) is 29.2 Å². The highest BCUT2D eigenvalue weighted by Gasteiger charge is 2.28. The van der Waals surface area contributed by atoms with E-state index in [1.54, 1.807) is 19.1 Å². The average Bonchev–Trinajstić information content (AvgIpc) is 3.36. The van der Waals surface area contributed by atoms with Crippen molar-refractivity contribution in [2.45, 2.75) is 45.6 Å². The molecule has 0 saturated carbocycles. The standard InChI is InChI=1S/C28H33N5O3/c1-20-29-26(31-36-20)22-7-9-24(10-8-22)28(35)33-17-13-23(14-18-33)27(34)30-25-11-5-21(6-12-25)19-32-15-3-2-4-16-32/h5-12,23H,2-4,13-19H2,1H3,(H,30,34). The summed E-state index contributed by atoms with van der Waals surface area (Å²) < 4.78 is 5.02. The van der Waals surface area contributed by atoms with Crippen molar-refractivity contribution in [3.05, 3.63) is 65.5 Å². The van der Waals surface area contributed by atoms with Gasteiger partial charge >= 0.3 is 0 Å². The van der Waals surface area contributed by atoms with Crippen LogP contribution in [0.25, 0.3) is 11.4 Å². The van der Waals surface area contributed by atoms with Gasteiger partial charge in [0.15, 0.2) is 0 Å². The molecule has 5 rings (SSSR count). The summed E-state index contributed by atoms with van der Waals surface area (Å²) in [6.07, 6.45) is 5.22. The Morgan fingerprint density at radius 3 is 2.28 bits per heavy atom. The lowest BCUT2D eigenvalue weighted by Crippen LogP contribution is -2.41. The predicted molar refractivity (Wildman–Crippen MR) is 137 cm³/mol. The van der Waals surface area contributed by atoms with Crippen molar-refractivity contribution in [3.63, 3.8) is 0 Å². The van der Waals surface area contributed by atoms with Gasteiger partial charge in [0.2, 0.25) is 17.6 Å². The van der Waals surface area contributed by atoms with E-state index in [2.05, 4.69) is 32.5 Å². The lowest BCUT2D eigenvalue weighted by Gasteiger charge is -2.31. The first-order valence-corrected chi connectivity index (χ1v) is 12.9. The first kappa shape index (κ1) is 24.2. The lowest BCUT2D eigenvalue weighted by atomic mass is 9.95. The van der Waals surface area contributed by atoms with Crippen LogP contribution in [-0.2, 0) is 11.3 Å². The maximum absolute atomic E-state index is 13.0. The summed E-state index contributed by atoms with van der Waals surface area (Å²) in [6, 6.07) is 15.4. The Balaban J connectivity index is 1.10. The third kappa shape index (κ3) is 5.82. The summed E-state index contributed by atoms with van der Waals surface area (Å²) >= 11 is 0. The number of benzene rings is 2. The SMILES string of the molecule is Cc1nc(-c2ccc(C(=O)N3CCC(C(=O)Nc4ccc(CN5CCCCC5)cc4)CC3)cc2)no1. The molecule has 2 aromatic carbocycles. The number of rotatable bonds is 6. The maximum atomic E-state index is 13.0. The van der Waals surface area contributed by atoms with Crippen LogP contribution in [0.15, 0.2) is 53.1 Å². The minimum atomic E-state index is -0.0917. The third-order valence-electron chi connectivity index (χ3n) is 7.15. The Hall–Kier alpha value is -3.52. The molecule has 2 aliphatic heterocycles. The highest BCUT2D eigenvalue weighted by molar-refractivity contribution is 5.95. The van der Waals surface area contributed by atoms with Crippen molar-refractivity contribution in [3.8, 4) is 11.4 Å². The molecular weight excluding hydrogens is 454 g/mol. The number of amides is 2. The zero-order valence-electron chi connectivity index (χ0n) is 20.8. The topological polar surface area (TPSA) is 91.6 Å². The van der Waals surface area contributed by atoms with Crippen molar-refractivity contribution < 1.29 is 14.1 Å². The highest BCUT2D eigenvalue weighted by atomic mass is 16.5. The van der Waals surface area contributed by atoms with Crippen LogP contribution in [0.2, 0.25) is 0 Å². The van der Waals surface area contributed by atoms with Crippen LogP contribution in [0.3, 0.4) is 0 Å². The summed E-state index contributed by atoms with van der Waals surface area (Å²) in [5.41, 5.74) is 3.53. The molecule has 0 radical (unpaired) electrons. The van der Waals surface area contributed by atoms with Crippen molar-refractivity contribution in [1.29, 1.82) is 0 Å². The summed E-state index contributed by atoms with van der Waals surface area (Å²) in [4.78, 5) is 34.3. The van der Waals surface area contributed by atoms with Crippen molar-refractivity contribution in [1.82, 2.24) is 19.9 Å². The van der Waals surface area contributed by atoms with Crippen LogP contribution in [0.4, 0.5) is 5.69 Å². The van der Waals surface area contributed by atoms with E-state index in [9.17, 15) is 9.59 Å². The predicted octanol–water partition coefficient (Wildman–Crippen LogP) is 4.52. The number of anilines is 1. The van der Waals surface area contributed by atoms with Crippen molar-refractivity contribution in [2.75, 3.05) is 31.5 Å². The van der Waals surface area contributed by atoms with Gasteiger partial charge in [0, 0.05) is 49.3 Å². The van der Waals surface area contributed by atoms with Crippen LogP contribution in [0.1, 0.15) is 53.9 Å². The molecule has 8 nitrogen and oxygen atoms in total. The van der Waals surface area contributed by atoms with Gasteiger partial charge in [0.1, 0.15) is 0 Å². The van der Waals surface area contributed by atoms with E-state index in [1.165, 1.54) is 37.9 Å². The zero-order chi connectivity index (χ0) is 24.9. The molecule has 1 N–H and O–H groups in total. The van der Waals surface area contributed by atoms with E-state index >= 15 is 0 Å². The van der Waals surface area contributed by atoms with Gasteiger partial charge in [-0.1, -0.05) is 35.8 Å². The maximum Gasteiger partial charge on any atom is 0.253 e. The summed E-state index contributed by atoms with van der Waals surface area (Å²) in [5.74, 6) is 0.933. The first-order valence-electron chi connectivity index (χ1n) is 12.9. The molecule has 0 atom stereocenters. The van der Waals surface area contributed by atoms with E-state index in [-0.39, 0.29) is 17.7 Å². The van der Waals surface area contributed by atoms with Crippen molar-refractivity contribution in [2.24, 2.45) is 5.92 Å². The molecule has 1 aromatic heterocycles. The van der Waals surface area contributed by atoms with E-state index in [0.29, 0.717) is 43.2 Å². The Labute approximate surface area is 211 Å². The van der Waals surface area contributed by atoms with Crippen LogP contribution in [0.5, 0.6) is 0 Å². The Morgan fingerprint density at radius 1 is 0.944 bits per heavy atom. The molecule has 2 aliphatic rings. The number of likely N-dealkylation sites (tertiary alicyclic amines) is 2. The Morgan fingerprint density at radius 2 is 1.64 bits per heavy atom. The largest absolute Gasteiger partial charge is 0.339 e. The molecule has 3 aromatic rings. The molecule has 36 heavy (non-hydrogen) atoms. The monoisotopic (exact) mass is 487 g/mol. The summed E-state index contributed by atoms with van der Waals surface area (Å²) in [6.45, 7) is 6.19. The first-order chi connectivity index (χ1) is 17.5.